The molecule has 0 unspecified atom stereocenters. The van der Waals surface area contributed by atoms with Crippen LogP contribution in [0, 0.1) is 5.82 Å². The summed E-state index contributed by atoms with van der Waals surface area (Å²) in [6, 6.07) is 15.9. The standard InChI is InChI=1S/C24H21FN2O5/c1-30-20-10-5-16(11-22(20)31-2)24(29)26-18-8-9-19-21(12-18)32-14-23(28)27(19)13-15-3-6-17(25)7-4-15/h3-12H,13-14H2,1-2H3,(H,26,29). The predicted molar refractivity (Wildman–Crippen MR) is 117 cm³/mol. The average molecular weight is 436 g/mol. The lowest BCUT2D eigenvalue weighted by molar-refractivity contribution is -0.121. The van der Waals surface area contributed by atoms with E-state index in [1.807, 2.05) is 0 Å². The van der Waals surface area contributed by atoms with Crippen molar-refractivity contribution in [1.82, 2.24) is 0 Å². The fourth-order valence-corrected chi connectivity index (χ4v) is 3.41. The van der Waals surface area contributed by atoms with Crippen LogP contribution < -0.4 is 24.4 Å². The van der Waals surface area contributed by atoms with Crippen LogP contribution in [-0.2, 0) is 11.3 Å². The Balaban J connectivity index is 1.54. The molecule has 0 atom stereocenters. The van der Waals surface area contributed by atoms with Crippen LogP contribution in [0.3, 0.4) is 0 Å². The second-order valence-corrected chi connectivity index (χ2v) is 7.10. The zero-order chi connectivity index (χ0) is 22.7. The van der Waals surface area contributed by atoms with Crippen molar-refractivity contribution in [2.75, 3.05) is 31.0 Å². The molecule has 0 aromatic heterocycles. The third-order valence-electron chi connectivity index (χ3n) is 5.06. The number of hydrogen-bond acceptors (Lipinski definition) is 5. The predicted octanol–water partition coefficient (Wildman–Crippen LogP) is 4.02. The summed E-state index contributed by atoms with van der Waals surface area (Å²) < 4.78 is 29.2. The van der Waals surface area contributed by atoms with Crippen molar-refractivity contribution in [1.29, 1.82) is 0 Å². The highest BCUT2D eigenvalue weighted by molar-refractivity contribution is 6.05. The van der Waals surface area contributed by atoms with Gasteiger partial charge in [0, 0.05) is 17.3 Å². The molecule has 4 rings (SSSR count). The van der Waals surface area contributed by atoms with Crippen molar-refractivity contribution in [3.8, 4) is 17.2 Å². The van der Waals surface area contributed by atoms with Gasteiger partial charge in [0.25, 0.3) is 11.8 Å². The molecule has 1 heterocycles. The molecule has 0 radical (unpaired) electrons. The van der Waals surface area contributed by atoms with Crippen LogP contribution in [0.1, 0.15) is 15.9 Å². The summed E-state index contributed by atoms with van der Waals surface area (Å²) in [6.45, 7) is 0.161. The van der Waals surface area contributed by atoms with E-state index in [0.29, 0.717) is 34.2 Å². The average Bonchev–Trinajstić information content (AvgIpc) is 2.81. The first-order valence-electron chi connectivity index (χ1n) is 9.83. The monoisotopic (exact) mass is 436 g/mol. The Morgan fingerprint density at radius 1 is 1.03 bits per heavy atom. The van der Waals surface area contributed by atoms with Gasteiger partial charge >= 0.3 is 0 Å². The van der Waals surface area contributed by atoms with Gasteiger partial charge in [0.05, 0.1) is 26.5 Å². The topological polar surface area (TPSA) is 77.1 Å². The number of nitrogens with one attached hydrogen (secondary N) is 1. The second-order valence-electron chi connectivity index (χ2n) is 7.10. The maximum atomic E-state index is 13.2. The van der Waals surface area contributed by atoms with Crippen molar-refractivity contribution in [2.45, 2.75) is 6.54 Å². The zero-order valence-corrected chi connectivity index (χ0v) is 17.6. The first-order valence-corrected chi connectivity index (χ1v) is 9.83. The molecule has 0 bridgehead atoms. The number of methoxy groups -OCH3 is 2. The SMILES string of the molecule is COc1ccc(C(=O)Nc2ccc3c(c2)OCC(=O)N3Cc2ccc(F)cc2)cc1OC. The molecule has 0 saturated heterocycles. The summed E-state index contributed by atoms with van der Waals surface area (Å²) in [5.41, 5.74) is 2.28. The molecular formula is C24H21FN2O5. The van der Waals surface area contributed by atoms with Crippen LogP contribution in [0.5, 0.6) is 17.2 Å². The number of rotatable bonds is 6. The summed E-state index contributed by atoms with van der Waals surface area (Å²) in [7, 11) is 3.02. The maximum absolute atomic E-state index is 13.2. The Kier molecular flexibility index (Phi) is 5.93. The Morgan fingerprint density at radius 2 is 1.78 bits per heavy atom. The Labute approximate surface area is 184 Å². The van der Waals surface area contributed by atoms with E-state index < -0.39 is 0 Å². The van der Waals surface area contributed by atoms with Crippen molar-refractivity contribution in [3.05, 3.63) is 77.6 Å². The van der Waals surface area contributed by atoms with Crippen molar-refractivity contribution < 1.29 is 28.2 Å². The molecule has 3 aromatic rings. The number of carbonyl (C=O) groups excluding carboxylic acids is 2. The van der Waals surface area contributed by atoms with Gasteiger partial charge in [-0.2, -0.15) is 0 Å². The summed E-state index contributed by atoms with van der Waals surface area (Å²) in [4.78, 5) is 26.7. The summed E-state index contributed by atoms with van der Waals surface area (Å²) in [5, 5.41) is 2.82. The Hall–Kier alpha value is -4.07. The zero-order valence-electron chi connectivity index (χ0n) is 17.6. The van der Waals surface area contributed by atoms with Crippen molar-refractivity contribution in [3.63, 3.8) is 0 Å². The molecule has 1 aliphatic heterocycles. The van der Waals surface area contributed by atoms with E-state index in [2.05, 4.69) is 5.32 Å². The van der Waals surface area contributed by atoms with E-state index in [4.69, 9.17) is 14.2 Å². The van der Waals surface area contributed by atoms with Crippen molar-refractivity contribution in [2.24, 2.45) is 0 Å². The summed E-state index contributed by atoms with van der Waals surface area (Å²) in [5.74, 6) is 0.569. The lowest BCUT2D eigenvalue weighted by Gasteiger charge is -2.29. The number of hydrogen-bond donors (Lipinski definition) is 1. The van der Waals surface area contributed by atoms with E-state index in [1.54, 1.807) is 53.4 Å². The van der Waals surface area contributed by atoms with E-state index in [1.165, 1.54) is 26.4 Å². The van der Waals surface area contributed by atoms with E-state index in [-0.39, 0.29) is 30.8 Å². The highest BCUT2D eigenvalue weighted by atomic mass is 19.1. The molecular weight excluding hydrogens is 415 g/mol. The summed E-state index contributed by atoms with van der Waals surface area (Å²) >= 11 is 0. The Morgan fingerprint density at radius 3 is 2.50 bits per heavy atom. The maximum Gasteiger partial charge on any atom is 0.265 e. The smallest absolute Gasteiger partial charge is 0.265 e. The minimum Gasteiger partial charge on any atom is -0.493 e. The van der Waals surface area contributed by atoms with E-state index in [9.17, 15) is 14.0 Å². The first-order chi connectivity index (χ1) is 15.5. The molecule has 164 valence electrons. The normalized spacial score (nSPS) is 12.6. The second kappa shape index (κ2) is 8.97. The third-order valence-corrected chi connectivity index (χ3v) is 5.06. The molecule has 1 N–H and O–H groups in total. The van der Waals surface area contributed by atoms with Gasteiger partial charge in [-0.1, -0.05) is 12.1 Å². The molecule has 0 fully saturated rings. The Bertz CT molecular complexity index is 1160. The molecule has 1 aliphatic rings. The number of nitrogens with zero attached hydrogens (tertiary/aromatic N) is 1. The van der Waals surface area contributed by atoms with Gasteiger partial charge in [-0.15, -0.1) is 0 Å². The van der Waals surface area contributed by atoms with Crippen LogP contribution >= 0.6 is 0 Å². The van der Waals surface area contributed by atoms with Gasteiger partial charge in [0.1, 0.15) is 11.6 Å². The number of anilines is 2. The van der Waals surface area contributed by atoms with Gasteiger partial charge in [-0.3, -0.25) is 9.59 Å². The van der Waals surface area contributed by atoms with Crippen LogP contribution in [0.2, 0.25) is 0 Å². The highest BCUT2D eigenvalue weighted by Gasteiger charge is 2.26. The molecule has 0 saturated carbocycles. The third kappa shape index (κ3) is 4.34. The van der Waals surface area contributed by atoms with Gasteiger partial charge in [0.2, 0.25) is 0 Å². The number of ether oxygens (including phenoxy) is 3. The van der Waals surface area contributed by atoms with E-state index in [0.717, 1.165) is 5.56 Å². The highest BCUT2D eigenvalue weighted by Crippen LogP contribution is 2.36. The van der Waals surface area contributed by atoms with Crippen LogP contribution in [0.4, 0.5) is 15.8 Å². The number of carbonyl (C=O) groups is 2. The molecule has 3 aromatic carbocycles. The van der Waals surface area contributed by atoms with Crippen LogP contribution in [0.25, 0.3) is 0 Å². The fourth-order valence-electron chi connectivity index (χ4n) is 3.41. The first kappa shape index (κ1) is 21.2. The van der Waals surface area contributed by atoms with Crippen molar-refractivity contribution >= 4 is 23.2 Å². The van der Waals surface area contributed by atoms with Gasteiger partial charge < -0.3 is 24.4 Å². The largest absolute Gasteiger partial charge is 0.493 e. The number of amides is 2. The van der Waals surface area contributed by atoms with Crippen LogP contribution in [-0.4, -0.2) is 32.6 Å². The van der Waals surface area contributed by atoms with Gasteiger partial charge in [0.15, 0.2) is 18.1 Å². The quantitative estimate of drug-likeness (QED) is 0.632. The molecule has 8 heteroatoms. The molecule has 2 amide bonds. The minimum absolute atomic E-state index is 0.124. The number of benzene rings is 3. The lowest BCUT2D eigenvalue weighted by atomic mass is 10.1. The van der Waals surface area contributed by atoms with Crippen LogP contribution in [0.15, 0.2) is 60.7 Å². The summed E-state index contributed by atoms with van der Waals surface area (Å²) in [6.07, 6.45) is 0. The number of fused-ring (bicyclic) bond motifs is 1. The number of halogens is 1. The van der Waals surface area contributed by atoms with Gasteiger partial charge in [-0.25, -0.2) is 4.39 Å². The van der Waals surface area contributed by atoms with E-state index >= 15 is 0 Å². The molecule has 0 spiro atoms. The molecule has 0 aliphatic carbocycles. The molecule has 7 nitrogen and oxygen atoms in total. The lowest BCUT2D eigenvalue weighted by Crippen LogP contribution is -2.38. The van der Waals surface area contributed by atoms with Gasteiger partial charge in [-0.05, 0) is 48.0 Å². The minimum atomic E-state index is -0.336. The molecule has 32 heavy (non-hydrogen) atoms. The fraction of sp³-hybridized carbons (Fsp3) is 0.167.